The maximum absolute atomic E-state index is 11.4. The van der Waals surface area contributed by atoms with Gasteiger partial charge in [0.2, 0.25) is 0 Å². The van der Waals surface area contributed by atoms with Crippen molar-refractivity contribution in [2.24, 2.45) is 0 Å². The first-order valence-electron chi connectivity index (χ1n) is 5.60. The van der Waals surface area contributed by atoms with Crippen LogP contribution in [-0.4, -0.2) is 9.79 Å². The minimum atomic E-state index is -4.51. The molecule has 0 atom stereocenters. The zero-order valence-corrected chi connectivity index (χ0v) is 11.3. The topological polar surface area (TPSA) is 162 Å². The smallest absolute Gasteiger partial charge is 0.358 e. The summed E-state index contributed by atoms with van der Waals surface area (Å²) in [5.41, 5.74) is 24.6. The molecule has 0 fully saturated rings. The normalized spacial score (nSPS) is 11.5. The van der Waals surface area contributed by atoms with Crippen LogP contribution >= 0.6 is 7.60 Å². The molecule has 0 spiro atoms. The van der Waals surface area contributed by atoms with E-state index in [4.69, 9.17) is 22.9 Å². The van der Waals surface area contributed by atoms with Gasteiger partial charge in [0.1, 0.15) is 0 Å². The summed E-state index contributed by atoms with van der Waals surface area (Å²) in [4.78, 5) is 18.6. The van der Waals surface area contributed by atoms with Crippen LogP contribution < -0.4 is 28.2 Å². The third-order valence-corrected chi connectivity index (χ3v) is 3.92. The molecular formula is C12H15N4O3P. The van der Waals surface area contributed by atoms with Crippen molar-refractivity contribution in [1.82, 2.24) is 0 Å². The van der Waals surface area contributed by atoms with Crippen molar-refractivity contribution < 1.29 is 14.4 Å². The average molecular weight is 294 g/mol. The third kappa shape index (κ3) is 2.55. The van der Waals surface area contributed by atoms with Crippen molar-refractivity contribution in [3.63, 3.8) is 0 Å². The van der Waals surface area contributed by atoms with Crippen LogP contribution in [0, 0.1) is 0 Å². The molecule has 106 valence electrons. The zero-order valence-electron chi connectivity index (χ0n) is 10.4. The molecule has 0 aliphatic heterocycles. The molecule has 2 aromatic rings. The molecule has 0 aromatic heterocycles. The Labute approximate surface area is 115 Å². The van der Waals surface area contributed by atoms with Crippen molar-refractivity contribution in [2.75, 3.05) is 22.9 Å². The average Bonchev–Trinajstić information content (AvgIpc) is 2.34. The Morgan fingerprint density at radius 2 is 1.40 bits per heavy atom. The van der Waals surface area contributed by atoms with Crippen molar-refractivity contribution in [3.05, 3.63) is 30.3 Å². The van der Waals surface area contributed by atoms with Crippen molar-refractivity contribution in [1.29, 1.82) is 0 Å². The summed E-state index contributed by atoms with van der Waals surface area (Å²) in [6.07, 6.45) is 0. The number of nitrogen functional groups attached to an aromatic ring is 4. The van der Waals surface area contributed by atoms with E-state index in [-0.39, 0.29) is 16.7 Å². The number of anilines is 4. The molecule has 0 saturated heterocycles. The molecule has 8 heteroatoms. The standard InChI is InChI=1S/C12H15N4O3P/c13-8-2-1-6(3-9(8)14)7-4-10(15)12(16)11(5-7)20(17,18)19/h1-5H,13-16H2,(H2,17,18,19). The largest absolute Gasteiger partial charge is 0.397 e. The van der Waals surface area contributed by atoms with Gasteiger partial charge in [-0.15, -0.1) is 0 Å². The summed E-state index contributed by atoms with van der Waals surface area (Å²) in [7, 11) is -4.51. The van der Waals surface area contributed by atoms with Crippen LogP contribution in [0.4, 0.5) is 22.7 Å². The predicted octanol–water partition coefficient (Wildman–Crippen LogP) is 0.485. The van der Waals surface area contributed by atoms with Crippen LogP contribution in [0.2, 0.25) is 0 Å². The first kappa shape index (κ1) is 14.2. The fourth-order valence-corrected chi connectivity index (χ4v) is 2.57. The van der Waals surface area contributed by atoms with Gasteiger partial charge in [0, 0.05) is 0 Å². The highest BCUT2D eigenvalue weighted by atomic mass is 31.2. The molecule has 7 nitrogen and oxygen atoms in total. The fourth-order valence-electron chi connectivity index (χ4n) is 1.82. The van der Waals surface area contributed by atoms with Gasteiger partial charge in [-0.05, 0) is 35.4 Å². The lowest BCUT2D eigenvalue weighted by atomic mass is 10.0. The highest BCUT2D eigenvalue weighted by molar-refractivity contribution is 7.60. The van der Waals surface area contributed by atoms with E-state index in [1.165, 1.54) is 12.1 Å². The summed E-state index contributed by atoms with van der Waals surface area (Å²) in [6, 6.07) is 7.72. The Kier molecular flexibility index (Phi) is 3.35. The molecule has 0 heterocycles. The van der Waals surface area contributed by atoms with E-state index in [9.17, 15) is 14.4 Å². The van der Waals surface area contributed by atoms with Crippen molar-refractivity contribution in [3.8, 4) is 11.1 Å². The maximum atomic E-state index is 11.4. The first-order chi connectivity index (χ1) is 9.20. The predicted molar refractivity (Wildman–Crippen MR) is 81.2 cm³/mol. The SMILES string of the molecule is Nc1ccc(-c2cc(N)c(N)c(P(=O)(O)O)c2)cc1N. The lowest BCUT2D eigenvalue weighted by Gasteiger charge is -2.13. The lowest BCUT2D eigenvalue weighted by molar-refractivity contribution is 0.387. The number of hydrogen-bond acceptors (Lipinski definition) is 5. The molecule has 0 aliphatic carbocycles. The highest BCUT2D eigenvalue weighted by Gasteiger charge is 2.23. The van der Waals surface area contributed by atoms with Crippen LogP contribution in [0.25, 0.3) is 11.1 Å². The van der Waals surface area contributed by atoms with E-state index in [0.717, 1.165) is 0 Å². The van der Waals surface area contributed by atoms with Crippen LogP contribution in [-0.2, 0) is 4.57 Å². The summed E-state index contributed by atoms with van der Waals surface area (Å²) < 4.78 is 11.4. The number of benzene rings is 2. The minimum absolute atomic E-state index is 0.0937. The van der Waals surface area contributed by atoms with Gasteiger partial charge in [0.15, 0.2) is 0 Å². The van der Waals surface area contributed by atoms with E-state index < -0.39 is 7.60 Å². The van der Waals surface area contributed by atoms with Crippen LogP contribution in [0.1, 0.15) is 0 Å². The van der Waals surface area contributed by atoms with E-state index >= 15 is 0 Å². The molecule has 0 amide bonds. The molecule has 2 rings (SSSR count). The molecule has 0 unspecified atom stereocenters. The van der Waals surface area contributed by atoms with E-state index in [1.807, 2.05) is 0 Å². The lowest BCUT2D eigenvalue weighted by Crippen LogP contribution is -2.13. The van der Waals surface area contributed by atoms with Gasteiger partial charge >= 0.3 is 7.60 Å². The fraction of sp³-hybridized carbons (Fsp3) is 0. The quantitative estimate of drug-likeness (QED) is 0.346. The Bertz CT molecular complexity index is 727. The minimum Gasteiger partial charge on any atom is -0.397 e. The van der Waals surface area contributed by atoms with Gasteiger partial charge in [0.25, 0.3) is 0 Å². The molecule has 20 heavy (non-hydrogen) atoms. The van der Waals surface area contributed by atoms with Crippen LogP contribution in [0.3, 0.4) is 0 Å². The number of hydrogen-bond donors (Lipinski definition) is 6. The molecular weight excluding hydrogens is 279 g/mol. The number of rotatable bonds is 2. The third-order valence-electron chi connectivity index (χ3n) is 2.92. The molecule has 0 bridgehead atoms. The van der Waals surface area contributed by atoms with Crippen LogP contribution in [0.15, 0.2) is 30.3 Å². The second-order valence-corrected chi connectivity index (χ2v) is 5.96. The molecule has 2 aromatic carbocycles. The Morgan fingerprint density at radius 3 is 1.95 bits per heavy atom. The summed E-state index contributed by atoms with van der Waals surface area (Å²) >= 11 is 0. The molecule has 0 saturated carbocycles. The van der Waals surface area contributed by atoms with Gasteiger partial charge in [-0.25, -0.2) is 0 Å². The molecule has 0 radical (unpaired) electrons. The van der Waals surface area contributed by atoms with Crippen molar-refractivity contribution in [2.45, 2.75) is 0 Å². The van der Waals surface area contributed by atoms with Gasteiger partial charge < -0.3 is 32.7 Å². The first-order valence-corrected chi connectivity index (χ1v) is 7.22. The Morgan fingerprint density at radius 1 is 0.800 bits per heavy atom. The van der Waals surface area contributed by atoms with Crippen LogP contribution in [0.5, 0.6) is 0 Å². The second-order valence-electron chi connectivity index (χ2n) is 4.39. The Balaban J connectivity index is 2.67. The summed E-state index contributed by atoms with van der Waals surface area (Å²) in [6.45, 7) is 0. The number of nitrogens with two attached hydrogens (primary N) is 4. The zero-order chi connectivity index (χ0) is 15.1. The van der Waals surface area contributed by atoms with Crippen molar-refractivity contribution >= 4 is 35.6 Å². The summed E-state index contributed by atoms with van der Waals surface area (Å²) in [5.74, 6) is 0. The van der Waals surface area contributed by atoms with E-state index in [1.54, 1.807) is 18.2 Å². The monoisotopic (exact) mass is 294 g/mol. The molecule has 10 N–H and O–H groups in total. The second kappa shape index (κ2) is 4.72. The van der Waals surface area contributed by atoms with E-state index in [0.29, 0.717) is 22.5 Å². The summed E-state index contributed by atoms with van der Waals surface area (Å²) in [5, 5.41) is -0.303. The van der Waals surface area contributed by atoms with Gasteiger partial charge in [-0.3, -0.25) is 4.57 Å². The van der Waals surface area contributed by atoms with Gasteiger partial charge in [0.05, 0.1) is 28.1 Å². The highest BCUT2D eigenvalue weighted by Crippen LogP contribution is 2.39. The Hall–Kier alpha value is -2.21. The van der Waals surface area contributed by atoms with Gasteiger partial charge in [-0.2, -0.15) is 0 Å². The maximum Gasteiger partial charge on any atom is 0.358 e. The van der Waals surface area contributed by atoms with E-state index in [2.05, 4.69) is 0 Å². The molecule has 0 aliphatic rings. The van der Waals surface area contributed by atoms with Gasteiger partial charge in [-0.1, -0.05) is 6.07 Å².